The Balaban J connectivity index is 1.92. The zero-order chi connectivity index (χ0) is 18.0. The summed E-state index contributed by atoms with van der Waals surface area (Å²) in [5.41, 5.74) is 4.71. The van der Waals surface area contributed by atoms with Crippen LogP contribution in [0.15, 0.2) is 54.6 Å². The highest BCUT2D eigenvalue weighted by Gasteiger charge is 2.13. The van der Waals surface area contributed by atoms with Gasteiger partial charge in [-0.2, -0.15) is 0 Å². The normalized spacial score (nSPS) is 10.8. The number of aryl methyl sites for hydroxylation is 2. The van der Waals surface area contributed by atoms with Gasteiger partial charge in [-0.3, -0.25) is 0 Å². The summed E-state index contributed by atoms with van der Waals surface area (Å²) in [6, 6.07) is 16.8. The van der Waals surface area contributed by atoms with E-state index < -0.39 is 0 Å². The van der Waals surface area contributed by atoms with Crippen molar-refractivity contribution in [1.29, 1.82) is 0 Å². The monoisotopic (exact) mass is 334 g/mol. The predicted molar refractivity (Wildman–Crippen MR) is 99.4 cm³/mol. The summed E-state index contributed by atoms with van der Waals surface area (Å²) in [5.74, 6) is 0.747. The van der Waals surface area contributed by atoms with Gasteiger partial charge in [0.15, 0.2) is 0 Å². The summed E-state index contributed by atoms with van der Waals surface area (Å²) in [6.45, 7) is 3.71. The minimum absolute atomic E-state index is 0.212. The van der Waals surface area contributed by atoms with E-state index in [0.29, 0.717) is 12.8 Å². The van der Waals surface area contributed by atoms with Crippen LogP contribution in [0.5, 0.6) is 17.2 Å². The van der Waals surface area contributed by atoms with Crippen LogP contribution in [0.4, 0.5) is 0 Å². The fraction of sp³-hybridized carbons (Fsp3) is 0.182. The third-order valence-corrected chi connectivity index (χ3v) is 4.61. The summed E-state index contributed by atoms with van der Waals surface area (Å²) < 4.78 is 0. The van der Waals surface area contributed by atoms with Gasteiger partial charge in [-0.05, 0) is 47.2 Å². The van der Waals surface area contributed by atoms with Crippen LogP contribution < -0.4 is 0 Å². The van der Waals surface area contributed by atoms with Crippen molar-refractivity contribution in [3.05, 3.63) is 88.0 Å². The Morgan fingerprint density at radius 2 is 0.840 bits per heavy atom. The van der Waals surface area contributed by atoms with E-state index in [-0.39, 0.29) is 17.2 Å². The number of hydrogen-bond donors (Lipinski definition) is 3. The van der Waals surface area contributed by atoms with Crippen molar-refractivity contribution in [2.24, 2.45) is 0 Å². The van der Waals surface area contributed by atoms with Gasteiger partial charge in [0, 0.05) is 12.8 Å². The molecule has 3 heteroatoms. The molecule has 0 aliphatic carbocycles. The van der Waals surface area contributed by atoms with Gasteiger partial charge >= 0.3 is 0 Å². The molecule has 3 aromatic rings. The molecule has 0 aliphatic rings. The van der Waals surface area contributed by atoms with E-state index >= 15 is 0 Å². The molecule has 25 heavy (non-hydrogen) atoms. The van der Waals surface area contributed by atoms with Gasteiger partial charge in [-0.15, -0.1) is 0 Å². The molecule has 3 rings (SSSR count). The maximum Gasteiger partial charge on any atom is 0.122 e. The lowest BCUT2D eigenvalue weighted by molar-refractivity contribution is 0.455. The molecule has 0 saturated heterocycles. The van der Waals surface area contributed by atoms with Crippen molar-refractivity contribution in [3.8, 4) is 17.2 Å². The maximum absolute atomic E-state index is 10.7. The first-order valence-electron chi connectivity index (χ1n) is 8.32. The van der Waals surface area contributed by atoms with E-state index in [1.807, 2.05) is 68.4 Å². The Morgan fingerprint density at radius 3 is 1.24 bits per heavy atom. The lowest BCUT2D eigenvalue weighted by Gasteiger charge is -2.13. The molecule has 0 saturated carbocycles. The average molecular weight is 334 g/mol. The fourth-order valence-electron chi connectivity index (χ4n) is 3.06. The largest absolute Gasteiger partial charge is 0.507 e. The Kier molecular flexibility index (Phi) is 4.66. The van der Waals surface area contributed by atoms with Crippen LogP contribution >= 0.6 is 0 Å². The minimum atomic E-state index is 0.212. The van der Waals surface area contributed by atoms with E-state index in [2.05, 4.69) is 0 Å². The molecule has 3 aromatic carbocycles. The molecule has 0 aliphatic heterocycles. The smallest absolute Gasteiger partial charge is 0.122 e. The first-order valence-corrected chi connectivity index (χ1v) is 8.32. The molecule has 0 spiro atoms. The molecule has 0 atom stereocenters. The third kappa shape index (κ3) is 3.45. The third-order valence-electron chi connectivity index (χ3n) is 4.61. The molecule has 0 amide bonds. The zero-order valence-electron chi connectivity index (χ0n) is 14.5. The summed E-state index contributed by atoms with van der Waals surface area (Å²) in [4.78, 5) is 0. The summed E-state index contributed by atoms with van der Waals surface area (Å²) in [7, 11) is 0. The SMILES string of the molecule is Cc1cccc(Cc2cccc(Cc3cccc(C)c3O)c2O)c1O. The Morgan fingerprint density at radius 1 is 0.520 bits per heavy atom. The van der Waals surface area contributed by atoms with Crippen LogP contribution in [0.2, 0.25) is 0 Å². The van der Waals surface area contributed by atoms with Crippen molar-refractivity contribution in [2.45, 2.75) is 26.7 Å². The summed E-state index contributed by atoms with van der Waals surface area (Å²) >= 11 is 0. The highest BCUT2D eigenvalue weighted by atomic mass is 16.3. The molecule has 3 N–H and O–H groups in total. The van der Waals surface area contributed by atoms with Crippen molar-refractivity contribution < 1.29 is 15.3 Å². The Bertz CT molecular complexity index is 841. The van der Waals surface area contributed by atoms with E-state index in [4.69, 9.17) is 0 Å². The Hall–Kier alpha value is -2.94. The van der Waals surface area contributed by atoms with Crippen LogP contribution in [0, 0.1) is 13.8 Å². The van der Waals surface area contributed by atoms with Crippen LogP contribution in [0.25, 0.3) is 0 Å². The van der Waals surface area contributed by atoms with E-state index in [9.17, 15) is 15.3 Å². The molecule has 0 fully saturated rings. The van der Waals surface area contributed by atoms with Crippen molar-refractivity contribution >= 4 is 0 Å². The van der Waals surface area contributed by atoms with Crippen molar-refractivity contribution in [1.82, 2.24) is 0 Å². The molecule has 0 heterocycles. The van der Waals surface area contributed by atoms with Gasteiger partial charge in [-0.1, -0.05) is 54.6 Å². The maximum atomic E-state index is 10.7. The number of para-hydroxylation sites is 3. The topological polar surface area (TPSA) is 60.7 Å². The Labute approximate surface area is 147 Å². The standard InChI is InChI=1S/C22H22O3/c1-14-6-3-8-16(20(14)23)12-18-10-5-11-19(22(18)25)13-17-9-4-7-15(2)21(17)24/h3-11,23-25H,12-13H2,1-2H3. The molecular weight excluding hydrogens is 312 g/mol. The molecule has 128 valence electrons. The highest BCUT2D eigenvalue weighted by Crippen LogP contribution is 2.32. The van der Waals surface area contributed by atoms with Gasteiger partial charge in [0.25, 0.3) is 0 Å². The second-order valence-corrected chi connectivity index (χ2v) is 6.44. The second kappa shape index (κ2) is 6.89. The fourth-order valence-corrected chi connectivity index (χ4v) is 3.06. The average Bonchev–Trinajstić information content (AvgIpc) is 2.59. The summed E-state index contributed by atoms with van der Waals surface area (Å²) in [6.07, 6.45) is 0.903. The first-order chi connectivity index (χ1) is 12.0. The number of aromatic hydroxyl groups is 3. The molecule has 0 aromatic heterocycles. The van der Waals surface area contributed by atoms with Gasteiger partial charge in [-0.25, -0.2) is 0 Å². The molecule has 0 unspecified atom stereocenters. The second-order valence-electron chi connectivity index (χ2n) is 6.44. The quantitative estimate of drug-likeness (QED) is 0.653. The molecule has 0 bridgehead atoms. The predicted octanol–water partition coefficient (Wildman–Crippen LogP) is 4.60. The highest BCUT2D eigenvalue weighted by molar-refractivity contribution is 5.50. The van der Waals surface area contributed by atoms with Crippen LogP contribution in [0.1, 0.15) is 33.4 Å². The van der Waals surface area contributed by atoms with E-state index in [1.165, 1.54) is 0 Å². The zero-order valence-corrected chi connectivity index (χ0v) is 14.5. The first kappa shape index (κ1) is 16.9. The van der Waals surface area contributed by atoms with E-state index in [1.54, 1.807) is 0 Å². The molecular formula is C22H22O3. The summed E-state index contributed by atoms with van der Waals surface area (Å²) in [5, 5.41) is 31.1. The number of phenols is 3. The number of phenolic OH excluding ortho intramolecular Hbond substituents is 3. The van der Waals surface area contributed by atoms with Gasteiger partial charge in [0.05, 0.1) is 0 Å². The lowest BCUT2D eigenvalue weighted by atomic mass is 9.95. The number of benzene rings is 3. The van der Waals surface area contributed by atoms with Gasteiger partial charge in [0.1, 0.15) is 17.2 Å². The number of rotatable bonds is 4. The van der Waals surface area contributed by atoms with E-state index in [0.717, 1.165) is 33.4 Å². The van der Waals surface area contributed by atoms with Gasteiger partial charge < -0.3 is 15.3 Å². The van der Waals surface area contributed by atoms with Crippen LogP contribution in [-0.4, -0.2) is 15.3 Å². The lowest BCUT2D eigenvalue weighted by Crippen LogP contribution is -1.96. The van der Waals surface area contributed by atoms with Crippen molar-refractivity contribution in [2.75, 3.05) is 0 Å². The van der Waals surface area contributed by atoms with Crippen LogP contribution in [-0.2, 0) is 12.8 Å². The van der Waals surface area contributed by atoms with Gasteiger partial charge in [0.2, 0.25) is 0 Å². The van der Waals surface area contributed by atoms with Crippen LogP contribution in [0.3, 0.4) is 0 Å². The molecule has 3 nitrogen and oxygen atoms in total. The van der Waals surface area contributed by atoms with Crippen molar-refractivity contribution in [3.63, 3.8) is 0 Å². The number of hydrogen-bond acceptors (Lipinski definition) is 3. The minimum Gasteiger partial charge on any atom is -0.507 e. The molecule has 0 radical (unpaired) electrons.